The average molecular weight is 447 g/mol. The molecule has 2 unspecified atom stereocenters. The number of hydrogen-bond acceptors (Lipinski definition) is 5. The van der Waals surface area contributed by atoms with Crippen LogP contribution in [0.4, 0.5) is 5.82 Å². The number of anilines is 1. The summed E-state index contributed by atoms with van der Waals surface area (Å²) in [4.78, 5) is 37.3. The van der Waals surface area contributed by atoms with E-state index < -0.39 is 0 Å². The van der Waals surface area contributed by atoms with Crippen LogP contribution in [0.5, 0.6) is 0 Å². The highest BCUT2D eigenvalue weighted by atomic mass is 16.2. The van der Waals surface area contributed by atoms with Crippen LogP contribution < -0.4 is 4.90 Å². The Kier molecular flexibility index (Phi) is 5.57. The molecule has 5 fully saturated rings. The van der Waals surface area contributed by atoms with Crippen LogP contribution in [0.15, 0.2) is 36.4 Å². The molecule has 1 aromatic carbocycles. The van der Waals surface area contributed by atoms with Crippen molar-refractivity contribution in [3.8, 4) is 0 Å². The summed E-state index contributed by atoms with van der Waals surface area (Å²) < 4.78 is 0. The number of hydrogen-bond donors (Lipinski definition) is 0. The maximum atomic E-state index is 13.0. The molecule has 2 saturated heterocycles. The Morgan fingerprint density at radius 1 is 0.758 bits per heavy atom. The predicted molar refractivity (Wildman–Crippen MR) is 129 cm³/mol. The quantitative estimate of drug-likeness (QED) is 0.502. The molecule has 2 atom stereocenters. The van der Waals surface area contributed by atoms with Gasteiger partial charge in [0.2, 0.25) is 11.8 Å². The molecule has 2 amide bonds. The number of aromatic nitrogens is 1. The molecule has 5 aliphatic rings. The van der Waals surface area contributed by atoms with E-state index in [9.17, 15) is 9.59 Å². The van der Waals surface area contributed by atoms with E-state index >= 15 is 0 Å². The highest BCUT2D eigenvalue weighted by molar-refractivity contribution is 6.05. The first kappa shape index (κ1) is 21.1. The van der Waals surface area contributed by atoms with Crippen LogP contribution in [0, 0.1) is 23.7 Å². The van der Waals surface area contributed by atoms with E-state index in [1.54, 1.807) is 4.90 Å². The first-order valence-electron chi connectivity index (χ1n) is 12.9. The van der Waals surface area contributed by atoms with Crippen molar-refractivity contribution in [2.75, 3.05) is 44.2 Å². The summed E-state index contributed by atoms with van der Waals surface area (Å²) in [6, 6.07) is 12.6. The van der Waals surface area contributed by atoms with Gasteiger partial charge in [-0.1, -0.05) is 18.2 Å². The number of benzene rings is 1. The molecular formula is C27H34N4O2. The summed E-state index contributed by atoms with van der Waals surface area (Å²) in [6.07, 6.45) is 6.56. The summed E-state index contributed by atoms with van der Waals surface area (Å²) >= 11 is 0. The van der Waals surface area contributed by atoms with E-state index in [-0.39, 0.29) is 23.7 Å². The van der Waals surface area contributed by atoms with Gasteiger partial charge < -0.3 is 4.90 Å². The van der Waals surface area contributed by atoms with E-state index in [0.717, 1.165) is 82.6 Å². The summed E-state index contributed by atoms with van der Waals surface area (Å²) in [5.74, 6) is 2.33. The minimum absolute atomic E-state index is 0.0155. The average Bonchev–Trinajstić information content (AvgIpc) is 3.14. The predicted octanol–water partition coefficient (Wildman–Crippen LogP) is 3.56. The van der Waals surface area contributed by atoms with Gasteiger partial charge in [-0.2, -0.15) is 0 Å². The number of carbonyl (C=O) groups is 2. The Hall–Kier alpha value is -2.47. The molecule has 6 nitrogen and oxygen atoms in total. The minimum Gasteiger partial charge on any atom is -0.354 e. The summed E-state index contributed by atoms with van der Waals surface area (Å²) in [6.45, 7) is 5.69. The van der Waals surface area contributed by atoms with Crippen molar-refractivity contribution in [2.24, 2.45) is 23.7 Å². The Balaban J connectivity index is 0.967. The number of nitrogens with zero attached hydrogens (tertiary/aromatic N) is 4. The number of rotatable bonds is 6. The van der Waals surface area contributed by atoms with Crippen molar-refractivity contribution < 1.29 is 9.59 Å². The smallest absolute Gasteiger partial charge is 0.233 e. The van der Waals surface area contributed by atoms with Crippen molar-refractivity contribution in [3.63, 3.8) is 0 Å². The lowest BCUT2D eigenvalue weighted by atomic mass is 9.59. The molecule has 2 aromatic rings. The van der Waals surface area contributed by atoms with Crippen molar-refractivity contribution in [1.29, 1.82) is 0 Å². The summed E-state index contributed by atoms with van der Waals surface area (Å²) in [5.41, 5.74) is 1.05. The Bertz CT molecular complexity index is 1010. The summed E-state index contributed by atoms with van der Waals surface area (Å²) in [7, 11) is 0. The molecule has 0 radical (unpaired) electrons. The topological polar surface area (TPSA) is 56.8 Å². The zero-order chi connectivity index (χ0) is 22.4. The zero-order valence-corrected chi connectivity index (χ0v) is 19.4. The molecule has 0 N–H and O–H groups in total. The van der Waals surface area contributed by atoms with Crippen LogP contribution >= 0.6 is 0 Å². The second-order valence-corrected chi connectivity index (χ2v) is 10.5. The van der Waals surface area contributed by atoms with Crippen LogP contribution in [0.25, 0.3) is 10.9 Å². The second-order valence-electron chi connectivity index (χ2n) is 10.5. The van der Waals surface area contributed by atoms with E-state index in [1.807, 2.05) is 6.07 Å². The minimum atomic E-state index is 0.0155. The molecule has 2 bridgehead atoms. The Morgan fingerprint density at radius 2 is 1.39 bits per heavy atom. The van der Waals surface area contributed by atoms with Gasteiger partial charge in [-0.25, -0.2) is 4.98 Å². The Morgan fingerprint density at radius 3 is 2.09 bits per heavy atom. The number of amides is 2. The van der Waals surface area contributed by atoms with E-state index in [0.29, 0.717) is 18.4 Å². The normalized spacial score (nSPS) is 29.8. The van der Waals surface area contributed by atoms with Gasteiger partial charge in [-0.05, 0) is 75.1 Å². The van der Waals surface area contributed by atoms with Gasteiger partial charge in [0, 0.05) is 38.1 Å². The molecular weight excluding hydrogens is 412 g/mol. The highest BCUT2D eigenvalue weighted by Gasteiger charge is 2.57. The maximum Gasteiger partial charge on any atom is 0.233 e. The lowest BCUT2D eigenvalue weighted by Crippen LogP contribution is -2.47. The van der Waals surface area contributed by atoms with Gasteiger partial charge in [0.05, 0.1) is 17.4 Å². The number of imide groups is 1. The van der Waals surface area contributed by atoms with Crippen molar-refractivity contribution in [3.05, 3.63) is 36.4 Å². The van der Waals surface area contributed by atoms with Crippen LogP contribution in [-0.4, -0.2) is 65.9 Å². The fourth-order valence-electron chi connectivity index (χ4n) is 6.89. The van der Waals surface area contributed by atoms with Crippen LogP contribution in [0.1, 0.15) is 38.5 Å². The third-order valence-electron chi connectivity index (χ3n) is 8.71. The number of fused-ring (bicyclic) bond motifs is 3. The molecule has 6 heteroatoms. The third kappa shape index (κ3) is 3.82. The van der Waals surface area contributed by atoms with Crippen molar-refractivity contribution >= 4 is 28.5 Å². The first-order valence-corrected chi connectivity index (χ1v) is 12.9. The number of piperazine rings is 1. The molecule has 1 aromatic heterocycles. The number of para-hydroxylation sites is 1. The number of carbonyl (C=O) groups excluding carboxylic acids is 2. The molecule has 7 rings (SSSR count). The van der Waals surface area contributed by atoms with Gasteiger partial charge in [-0.15, -0.1) is 0 Å². The second kappa shape index (κ2) is 8.71. The van der Waals surface area contributed by atoms with Crippen LogP contribution in [-0.2, 0) is 9.59 Å². The standard InChI is InChI=1S/C27H34N4O2/c32-26-24-20-7-8-21(10-9-20)25(24)27(33)31(26)14-4-3-13-29-15-17-30(18-16-29)23-12-11-19-5-1-2-6-22(19)28-23/h1-2,5-6,11-12,20-21,24-25H,3-4,7-10,13-18H2. The SMILES string of the molecule is O=C1C2C3CCC(CC3)C2C(=O)N1CCCCN1CCN(c2ccc3ccccc3n2)CC1. The van der Waals surface area contributed by atoms with Gasteiger partial charge >= 0.3 is 0 Å². The number of likely N-dealkylation sites (tertiary alicyclic amines) is 1. The monoisotopic (exact) mass is 446 g/mol. The molecule has 33 heavy (non-hydrogen) atoms. The fraction of sp³-hybridized carbons (Fsp3) is 0.593. The molecule has 0 spiro atoms. The van der Waals surface area contributed by atoms with Gasteiger partial charge in [0.15, 0.2) is 0 Å². The zero-order valence-electron chi connectivity index (χ0n) is 19.4. The largest absolute Gasteiger partial charge is 0.354 e. The summed E-state index contributed by atoms with van der Waals surface area (Å²) in [5, 5.41) is 1.18. The van der Waals surface area contributed by atoms with Gasteiger partial charge in [-0.3, -0.25) is 19.4 Å². The molecule has 174 valence electrons. The van der Waals surface area contributed by atoms with Crippen molar-refractivity contribution in [1.82, 2.24) is 14.8 Å². The number of unbranched alkanes of at least 4 members (excludes halogenated alkanes) is 1. The lowest BCUT2D eigenvalue weighted by molar-refractivity contribution is -0.140. The molecule has 3 aliphatic carbocycles. The van der Waals surface area contributed by atoms with Crippen LogP contribution in [0.3, 0.4) is 0 Å². The Labute approximate surface area is 195 Å². The molecule has 3 heterocycles. The van der Waals surface area contributed by atoms with E-state index in [1.165, 1.54) is 5.39 Å². The first-order chi connectivity index (χ1) is 16.2. The van der Waals surface area contributed by atoms with E-state index in [4.69, 9.17) is 4.98 Å². The van der Waals surface area contributed by atoms with Crippen molar-refractivity contribution in [2.45, 2.75) is 38.5 Å². The molecule has 2 aliphatic heterocycles. The third-order valence-corrected chi connectivity index (χ3v) is 8.71. The number of pyridine rings is 1. The van der Waals surface area contributed by atoms with Crippen LogP contribution in [0.2, 0.25) is 0 Å². The fourth-order valence-corrected chi connectivity index (χ4v) is 6.89. The maximum absolute atomic E-state index is 13.0. The van der Waals surface area contributed by atoms with Gasteiger partial charge in [0.25, 0.3) is 0 Å². The molecule has 3 saturated carbocycles. The van der Waals surface area contributed by atoms with E-state index in [2.05, 4.69) is 40.1 Å². The lowest BCUT2D eigenvalue weighted by Gasteiger charge is -2.42. The van der Waals surface area contributed by atoms with Gasteiger partial charge in [0.1, 0.15) is 5.82 Å². The highest BCUT2D eigenvalue weighted by Crippen LogP contribution is 2.52.